The zero-order valence-electron chi connectivity index (χ0n) is 14.7. The SMILES string of the molecule is CSc1cccc(NC(=O)c2cc(-c3cnn(C)c3C)c(C)cn2)c1. The number of pyridine rings is 1. The lowest BCUT2D eigenvalue weighted by Crippen LogP contribution is -2.14. The minimum absolute atomic E-state index is 0.221. The van der Waals surface area contributed by atoms with E-state index in [1.807, 2.05) is 68.4 Å². The van der Waals surface area contributed by atoms with Gasteiger partial charge in [-0.05, 0) is 55.5 Å². The molecule has 0 radical (unpaired) electrons. The molecule has 128 valence electrons. The largest absolute Gasteiger partial charge is 0.321 e. The Bertz CT molecular complexity index is 933. The minimum atomic E-state index is -0.221. The second-order valence-electron chi connectivity index (χ2n) is 5.84. The topological polar surface area (TPSA) is 59.8 Å². The van der Waals surface area contributed by atoms with E-state index in [1.54, 1.807) is 18.0 Å². The Morgan fingerprint density at radius 3 is 2.64 bits per heavy atom. The van der Waals surface area contributed by atoms with Crippen LogP contribution in [0.1, 0.15) is 21.7 Å². The Morgan fingerprint density at radius 1 is 1.16 bits per heavy atom. The lowest BCUT2D eigenvalue weighted by atomic mass is 10.0. The van der Waals surface area contributed by atoms with E-state index < -0.39 is 0 Å². The monoisotopic (exact) mass is 352 g/mol. The zero-order chi connectivity index (χ0) is 18.0. The van der Waals surface area contributed by atoms with E-state index in [1.165, 1.54) is 0 Å². The Hall–Kier alpha value is -2.60. The first-order chi connectivity index (χ1) is 12.0. The number of hydrogen-bond donors (Lipinski definition) is 1. The first kappa shape index (κ1) is 17.2. The van der Waals surface area contributed by atoms with Crippen LogP contribution in [-0.4, -0.2) is 26.9 Å². The number of thioether (sulfide) groups is 1. The highest BCUT2D eigenvalue weighted by molar-refractivity contribution is 7.98. The zero-order valence-corrected chi connectivity index (χ0v) is 15.5. The molecule has 25 heavy (non-hydrogen) atoms. The Balaban J connectivity index is 1.91. The number of nitrogens with zero attached hydrogens (tertiary/aromatic N) is 3. The molecule has 0 spiro atoms. The highest BCUT2D eigenvalue weighted by atomic mass is 32.2. The van der Waals surface area contributed by atoms with Gasteiger partial charge in [0.2, 0.25) is 0 Å². The lowest BCUT2D eigenvalue weighted by molar-refractivity contribution is 0.102. The number of aromatic nitrogens is 3. The van der Waals surface area contributed by atoms with Crippen molar-refractivity contribution in [2.75, 3.05) is 11.6 Å². The van der Waals surface area contributed by atoms with E-state index >= 15 is 0 Å². The van der Waals surface area contributed by atoms with Crippen LogP contribution in [0.15, 0.2) is 47.6 Å². The number of hydrogen-bond acceptors (Lipinski definition) is 4. The first-order valence-electron chi connectivity index (χ1n) is 7.90. The average molecular weight is 352 g/mol. The lowest BCUT2D eigenvalue weighted by Gasteiger charge is -2.09. The van der Waals surface area contributed by atoms with Crippen LogP contribution in [0.2, 0.25) is 0 Å². The van der Waals surface area contributed by atoms with Crippen molar-refractivity contribution in [1.29, 1.82) is 0 Å². The van der Waals surface area contributed by atoms with Crippen LogP contribution in [0.4, 0.5) is 5.69 Å². The molecule has 0 aliphatic heterocycles. The number of benzene rings is 1. The van der Waals surface area contributed by atoms with Crippen LogP contribution in [0, 0.1) is 13.8 Å². The normalized spacial score (nSPS) is 10.7. The molecule has 1 amide bonds. The average Bonchev–Trinajstić information content (AvgIpc) is 2.94. The maximum absolute atomic E-state index is 12.6. The molecule has 0 unspecified atom stereocenters. The molecule has 0 atom stereocenters. The number of nitrogens with one attached hydrogen (secondary N) is 1. The quantitative estimate of drug-likeness (QED) is 0.719. The molecule has 1 aromatic carbocycles. The van der Waals surface area contributed by atoms with Crippen LogP contribution < -0.4 is 5.32 Å². The molecule has 1 N–H and O–H groups in total. The molecule has 3 rings (SSSR count). The highest BCUT2D eigenvalue weighted by Crippen LogP contribution is 2.26. The smallest absolute Gasteiger partial charge is 0.274 e. The first-order valence-corrected chi connectivity index (χ1v) is 9.13. The molecule has 0 saturated carbocycles. The van der Waals surface area contributed by atoms with Gasteiger partial charge < -0.3 is 5.32 Å². The molecule has 3 aromatic rings. The number of rotatable bonds is 4. The summed E-state index contributed by atoms with van der Waals surface area (Å²) in [6, 6.07) is 9.58. The van der Waals surface area contributed by atoms with Crippen molar-refractivity contribution >= 4 is 23.4 Å². The Kier molecular flexibility index (Phi) is 4.90. The molecule has 0 bridgehead atoms. The van der Waals surface area contributed by atoms with Gasteiger partial charge in [0.15, 0.2) is 0 Å². The van der Waals surface area contributed by atoms with E-state index in [0.717, 1.165) is 33.0 Å². The number of amides is 1. The van der Waals surface area contributed by atoms with E-state index in [9.17, 15) is 4.79 Å². The molecule has 0 saturated heterocycles. The van der Waals surface area contributed by atoms with Crippen LogP contribution >= 0.6 is 11.8 Å². The second kappa shape index (κ2) is 7.11. The molecule has 0 aliphatic carbocycles. The van der Waals surface area contributed by atoms with Crippen molar-refractivity contribution in [3.05, 3.63) is 59.7 Å². The molecule has 0 aliphatic rings. The number of carbonyl (C=O) groups excluding carboxylic acids is 1. The summed E-state index contributed by atoms with van der Waals surface area (Å²) in [5.41, 5.74) is 5.20. The molecule has 0 fully saturated rings. The van der Waals surface area contributed by atoms with Crippen molar-refractivity contribution in [3.8, 4) is 11.1 Å². The Morgan fingerprint density at radius 2 is 1.96 bits per heavy atom. The van der Waals surface area contributed by atoms with Crippen molar-refractivity contribution in [2.24, 2.45) is 7.05 Å². The van der Waals surface area contributed by atoms with Gasteiger partial charge in [0.05, 0.1) is 6.20 Å². The summed E-state index contributed by atoms with van der Waals surface area (Å²) in [7, 11) is 1.90. The third kappa shape index (κ3) is 3.58. The Labute approximate surface area is 151 Å². The summed E-state index contributed by atoms with van der Waals surface area (Å²) < 4.78 is 1.82. The summed E-state index contributed by atoms with van der Waals surface area (Å²) in [6.07, 6.45) is 5.56. The van der Waals surface area contributed by atoms with Gasteiger partial charge in [-0.3, -0.25) is 14.5 Å². The van der Waals surface area contributed by atoms with Crippen LogP contribution in [0.25, 0.3) is 11.1 Å². The fraction of sp³-hybridized carbons (Fsp3) is 0.211. The van der Waals surface area contributed by atoms with E-state index in [2.05, 4.69) is 15.4 Å². The fourth-order valence-corrected chi connectivity index (χ4v) is 3.06. The van der Waals surface area contributed by atoms with Crippen molar-refractivity contribution in [2.45, 2.75) is 18.7 Å². The molecular formula is C19H20N4OS. The van der Waals surface area contributed by atoms with E-state index in [4.69, 9.17) is 0 Å². The fourth-order valence-electron chi connectivity index (χ4n) is 2.60. The summed E-state index contributed by atoms with van der Waals surface area (Å²) in [4.78, 5) is 18.0. The van der Waals surface area contributed by atoms with Crippen molar-refractivity contribution in [3.63, 3.8) is 0 Å². The molecule has 5 nitrogen and oxygen atoms in total. The predicted octanol–water partition coefficient (Wildman–Crippen LogP) is 4.07. The van der Waals surface area contributed by atoms with Gasteiger partial charge in [-0.15, -0.1) is 11.8 Å². The second-order valence-corrected chi connectivity index (χ2v) is 6.72. The minimum Gasteiger partial charge on any atom is -0.321 e. The van der Waals surface area contributed by atoms with Gasteiger partial charge >= 0.3 is 0 Å². The number of carbonyl (C=O) groups is 1. The molecule has 6 heteroatoms. The van der Waals surface area contributed by atoms with Crippen molar-refractivity contribution in [1.82, 2.24) is 14.8 Å². The number of anilines is 1. The molecule has 2 heterocycles. The predicted molar refractivity (Wildman–Crippen MR) is 102 cm³/mol. The van der Waals surface area contributed by atoms with Gasteiger partial charge in [0, 0.05) is 35.1 Å². The maximum Gasteiger partial charge on any atom is 0.274 e. The molecule has 2 aromatic heterocycles. The van der Waals surface area contributed by atoms with Crippen molar-refractivity contribution < 1.29 is 4.79 Å². The van der Waals surface area contributed by atoms with E-state index in [-0.39, 0.29) is 5.91 Å². The maximum atomic E-state index is 12.6. The van der Waals surface area contributed by atoms with Crippen LogP contribution in [-0.2, 0) is 7.05 Å². The van der Waals surface area contributed by atoms with Gasteiger partial charge in [0.25, 0.3) is 5.91 Å². The standard InChI is InChI=1S/C19H20N4OS/c1-12-10-20-18(9-16(12)17-11-21-23(3)13(17)2)19(24)22-14-6-5-7-15(8-14)25-4/h5-11H,1-4H3,(H,22,24). The van der Waals surface area contributed by atoms with Crippen LogP contribution in [0.5, 0.6) is 0 Å². The van der Waals surface area contributed by atoms with Gasteiger partial charge in [-0.25, -0.2) is 0 Å². The molecular weight excluding hydrogens is 332 g/mol. The summed E-state index contributed by atoms with van der Waals surface area (Å²) in [5.74, 6) is -0.221. The summed E-state index contributed by atoms with van der Waals surface area (Å²) in [6.45, 7) is 3.99. The van der Waals surface area contributed by atoms with E-state index in [0.29, 0.717) is 5.69 Å². The third-order valence-corrected chi connectivity index (χ3v) is 4.91. The van der Waals surface area contributed by atoms with Gasteiger partial charge in [-0.2, -0.15) is 5.10 Å². The number of aryl methyl sites for hydroxylation is 2. The van der Waals surface area contributed by atoms with Gasteiger partial charge in [0.1, 0.15) is 5.69 Å². The van der Waals surface area contributed by atoms with Gasteiger partial charge in [-0.1, -0.05) is 6.07 Å². The summed E-state index contributed by atoms with van der Waals surface area (Å²) >= 11 is 1.64. The highest BCUT2D eigenvalue weighted by Gasteiger charge is 2.14. The third-order valence-electron chi connectivity index (χ3n) is 4.19. The summed E-state index contributed by atoms with van der Waals surface area (Å²) in [5, 5.41) is 7.20. The van der Waals surface area contributed by atoms with Crippen LogP contribution in [0.3, 0.4) is 0 Å².